The van der Waals surface area contributed by atoms with Crippen LogP contribution in [0.5, 0.6) is 0 Å². The SMILES string of the molecule is CC(C)OC[C@H]1[C@@H](OC(C)C)CCN1C. The van der Waals surface area contributed by atoms with Gasteiger partial charge >= 0.3 is 0 Å². The van der Waals surface area contributed by atoms with Gasteiger partial charge in [0.15, 0.2) is 0 Å². The van der Waals surface area contributed by atoms with E-state index in [4.69, 9.17) is 9.47 Å². The number of nitrogens with zero attached hydrogens (tertiary/aromatic N) is 1. The Hall–Kier alpha value is -0.120. The van der Waals surface area contributed by atoms with Crippen molar-refractivity contribution in [2.75, 3.05) is 20.2 Å². The van der Waals surface area contributed by atoms with Crippen LogP contribution in [0.3, 0.4) is 0 Å². The van der Waals surface area contributed by atoms with Gasteiger partial charge in [0.1, 0.15) is 0 Å². The molecule has 0 aromatic rings. The van der Waals surface area contributed by atoms with Crippen molar-refractivity contribution in [1.82, 2.24) is 4.90 Å². The lowest BCUT2D eigenvalue weighted by atomic mass is 10.2. The van der Waals surface area contributed by atoms with E-state index in [0.29, 0.717) is 24.4 Å². The quantitative estimate of drug-likeness (QED) is 0.699. The van der Waals surface area contributed by atoms with Gasteiger partial charge in [0.2, 0.25) is 0 Å². The first kappa shape index (κ1) is 12.9. The van der Waals surface area contributed by atoms with Crippen molar-refractivity contribution < 1.29 is 9.47 Å². The molecule has 1 aliphatic heterocycles. The highest BCUT2D eigenvalue weighted by Gasteiger charge is 2.33. The topological polar surface area (TPSA) is 21.7 Å². The summed E-state index contributed by atoms with van der Waals surface area (Å²) < 4.78 is 11.6. The minimum absolute atomic E-state index is 0.304. The number of ether oxygens (including phenoxy) is 2. The van der Waals surface area contributed by atoms with E-state index in [1.807, 2.05) is 0 Å². The van der Waals surface area contributed by atoms with Crippen molar-refractivity contribution in [2.45, 2.75) is 58.5 Å². The predicted molar refractivity (Wildman–Crippen MR) is 62.1 cm³/mol. The highest BCUT2D eigenvalue weighted by molar-refractivity contribution is 4.86. The molecule has 0 amide bonds. The second-order valence-electron chi connectivity index (χ2n) is 4.94. The Morgan fingerprint density at radius 1 is 1.20 bits per heavy atom. The summed E-state index contributed by atoms with van der Waals surface area (Å²) in [5.74, 6) is 0. The Morgan fingerprint density at radius 2 is 1.87 bits per heavy atom. The Morgan fingerprint density at radius 3 is 2.40 bits per heavy atom. The number of hydrogen-bond donors (Lipinski definition) is 0. The minimum atomic E-state index is 0.304. The Balaban J connectivity index is 2.41. The molecule has 0 spiro atoms. The van der Waals surface area contributed by atoms with Crippen LogP contribution < -0.4 is 0 Å². The molecule has 1 fully saturated rings. The highest BCUT2D eigenvalue weighted by Crippen LogP contribution is 2.21. The molecule has 0 bridgehead atoms. The van der Waals surface area contributed by atoms with Gasteiger partial charge in [-0.25, -0.2) is 0 Å². The van der Waals surface area contributed by atoms with E-state index in [1.54, 1.807) is 0 Å². The maximum Gasteiger partial charge on any atom is 0.0768 e. The molecule has 1 saturated heterocycles. The lowest BCUT2D eigenvalue weighted by molar-refractivity contribution is -0.0429. The molecule has 0 N–H and O–H groups in total. The van der Waals surface area contributed by atoms with Crippen molar-refractivity contribution >= 4 is 0 Å². The third-order valence-electron chi connectivity index (χ3n) is 2.81. The third kappa shape index (κ3) is 4.09. The van der Waals surface area contributed by atoms with E-state index in [1.165, 1.54) is 0 Å². The molecule has 1 rings (SSSR count). The molecule has 15 heavy (non-hydrogen) atoms. The van der Waals surface area contributed by atoms with Gasteiger partial charge in [-0.05, 0) is 41.2 Å². The molecule has 0 aliphatic carbocycles. The van der Waals surface area contributed by atoms with Crippen molar-refractivity contribution in [3.05, 3.63) is 0 Å². The first-order valence-corrected chi connectivity index (χ1v) is 5.98. The van der Waals surface area contributed by atoms with Crippen LogP contribution in [-0.2, 0) is 9.47 Å². The zero-order chi connectivity index (χ0) is 11.4. The van der Waals surface area contributed by atoms with E-state index in [0.717, 1.165) is 19.6 Å². The summed E-state index contributed by atoms with van der Waals surface area (Å²) in [7, 11) is 2.15. The standard InChI is InChI=1S/C12H25NO2/c1-9(2)14-8-11-12(15-10(3)4)6-7-13(11)5/h9-12H,6-8H2,1-5H3/t11-,12-/m0/s1. The van der Waals surface area contributed by atoms with Crippen molar-refractivity contribution in [3.8, 4) is 0 Å². The Labute approximate surface area is 93.7 Å². The van der Waals surface area contributed by atoms with Crippen LogP contribution in [0.15, 0.2) is 0 Å². The second kappa shape index (κ2) is 5.83. The van der Waals surface area contributed by atoms with Crippen LogP contribution in [0.1, 0.15) is 34.1 Å². The molecule has 1 heterocycles. The summed E-state index contributed by atoms with van der Waals surface area (Å²) in [4.78, 5) is 2.34. The summed E-state index contributed by atoms with van der Waals surface area (Å²) in [6, 6.07) is 0.426. The molecule has 2 atom stereocenters. The van der Waals surface area contributed by atoms with Gasteiger partial charge in [-0.15, -0.1) is 0 Å². The zero-order valence-electron chi connectivity index (χ0n) is 10.7. The molecule has 0 saturated carbocycles. The predicted octanol–water partition coefficient (Wildman–Crippen LogP) is 1.91. The maximum atomic E-state index is 5.90. The fraction of sp³-hybridized carbons (Fsp3) is 1.00. The number of likely N-dealkylation sites (tertiary alicyclic amines) is 1. The lowest BCUT2D eigenvalue weighted by Crippen LogP contribution is -2.39. The van der Waals surface area contributed by atoms with Crippen LogP contribution in [0, 0.1) is 0 Å². The smallest absolute Gasteiger partial charge is 0.0768 e. The first-order valence-electron chi connectivity index (χ1n) is 5.98. The second-order valence-corrected chi connectivity index (χ2v) is 4.94. The number of hydrogen-bond acceptors (Lipinski definition) is 3. The minimum Gasteiger partial charge on any atom is -0.377 e. The van der Waals surface area contributed by atoms with Crippen LogP contribution in [0.25, 0.3) is 0 Å². The summed E-state index contributed by atoms with van der Waals surface area (Å²) in [5, 5.41) is 0. The molecule has 0 unspecified atom stereocenters. The van der Waals surface area contributed by atoms with Gasteiger partial charge in [-0.3, -0.25) is 4.90 Å². The third-order valence-corrected chi connectivity index (χ3v) is 2.81. The van der Waals surface area contributed by atoms with Crippen LogP contribution in [0.2, 0.25) is 0 Å². The van der Waals surface area contributed by atoms with Crippen LogP contribution in [0.4, 0.5) is 0 Å². The summed E-state index contributed by atoms with van der Waals surface area (Å²) in [5.41, 5.74) is 0. The molecular formula is C12H25NO2. The van der Waals surface area contributed by atoms with E-state index >= 15 is 0 Å². The highest BCUT2D eigenvalue weighted by atomic mass is 16.5. The Kier molecular flexibility index (Phi) is 5.03. The van der Waals surface area contributed by atoms with E-state index in [-0.39, 0.29) is 0 Å². The van der Waals surface area contributed by atoms with Gasteiger partial charge in [0.05, 0.1) is 31.0 Å². The van der Waals surface area contributed by atoms with E-state index < -0.39 is 0 Å². The van der Waals surface area contributed by atoms with Gasteiger partial charge in [-0.2, -0.15) is 0 Å². The monoisotopic (exact) mass is 215 g/mol. The molecule has 90 valence electrons. The van der Waals surface area contributed by atoms with Crippen molar-refractivity contribution in [2.24, 2.45) is 0 Å². The largest absolute Gasteiger partial charge is 0.377 e. The van der Waals surface area contributed by atoms with Crippen LogP contribution >= 0.6 is 0 Å². The Bertz CT molecular complexity index is 182. The fourth-order valence-corrected chi connectivity index (χ4v) is 2.01. The van der Waals surface area contributed by atoms with E-state index in [2.05, 4.69) is 39.6 Å². The van der Waals surface area contributed by atoms with Gasteiger partial charge < -0.3 is 9.47 Å². The van der Waals surface area contributed by atoms with Crippen LogP contribution in [-0.4, -0.2) is 49.5 Å². The average molecular weight is 215 g/mol. The van der Waals surface area contributed by atoms with Gasteiger partial charge in [0, 0.05) is 6.54 Å². The summed E-state index contributed by atoms with van der Waals surface area (Å²) in [6.07, 6.45) is 2.08. The lowest BCUT2D eigenvalue weighted by Gasteiger charge is -2.27. The molecule has 3 heteroatoms. The summed E-state index contributed by atoms with van der Waals surface area (Å²) in [6.45, 7) is 10.2. The number of rotatable bonds is 5. The van der Waals surface area contributed by atoms with Gasteiger partial charge in [-0.1, -0.05) is 0 Å². The first-order chi connectivity index (χ1) is 7.00. The van der Waals surface area contributed by atoms with Gasteiger partial charge in [0.25, 0.3) is 0 Å². The molecular weight excluding hydrogens is 190 g/mol. The average Bonchev–Trinajstić information content (AvgIpc) is 2.43. The van der Waals surface area contributed by atoms with Crippen molar-refractivity contribution in [3.63, 3.8) is 0 Å². The fourth-order valence-electron chi connectivity index (χ4n) is 2.01. The summed E-state index contributed by atoms with van der Waals surface area (Å²) >= 11 is 0. The molecule has 0 radical (unpaired) electrons. The number of likely N-dealkylation sites (N-methyl/N-ethyl adjacent to an activating group) is 1. The molecule has 1 aliphatic rings. The normalized spacial score (nSPS) is 28.2. The van der Waals surface area contributed by atoms with Crippen molar-refractivity contribution in [1.29, 1.82) is 0 Å². The maximum absolute atomic E-state index is 5.90. The zero-order valence-corrected chi connectivity index (χ0v) is 10.7. The van der Waals surface area contributed by atoms with E-state index in [9.17, 15) is 0 Å². The molecule has 0 aromatic carbocycles. The molecule has 0 aromatic heterocycles. The molecule has 3 nitrogen and oxygen atoms in total.